The van der Waals surface area contributed by atoms with Crippen LogP contribution in [0.3, 0.4) is 0 Å². The van der Waals surface area contributed by atoms with Gasteiger partial charge in [-0.25, -0.2) is 9.67 Å². The number of phenols is 2. The molecule has 0 fully saturated rings. The van der Waals surface area contributed by atoms with Crippen molar-refractivity contribution < 1.29 is 14.9 Å². The Morgan fingerprint density at radius 1 is 1.14 bits per heavy atom. The molecule has 0 unspecified atom stereocenters. The van der Waals surface area contributed by atoms with Crippen LogP contribution < -0.4 is 4.74 Å². The maximum atomic E-state index is 10.1. The molecule has 0 spiro atoms. The number of aryl methyl sites for hydroxylation is 1. The van der Waals surface area contributed by atoms with Crippen LogP contribution in [0.15, 0.2) is 47.5 Å². The Labute approximate surface area is 167 Å². The molecule has 144 valence electrons. The molecular formula is C21H21N3O3S. The molecular weight excluding hydrogens is 374 g/mol. The van der Waals surface area contributed by atoms with E-state index in [9.17, 15) is 10.2 Å². The number of hydrogen-bond acceptors (Lipinski definition) is 6. The number of thioether (sulfide) groups is 1. The third-order valence-electron chi connectivity index (χ3n) is 4.73. The van der Waals surface area contributed by atoms with Gasteiger partial charge in [-0.3, -0.25) is 0 Å². The highest BCUT2D eigenvalue weighted by Crippen LogP contribution is 2.49. The first kappa shape index (κ1) is 18.4. The van der Waals surface area contributed by atoms with Crippen molar-refractivity contribution in [2.45, 2.75) is 25.6 Å². The van der Waals surface area contributed by atoms with Gasteiger partial charge in [0, 0.05) is 5.56 Å². The van der Waals surface area contributed by atoms with Gasteiger partial charge in [0.25, 0.3) is 0 Å². The lowest BCUT2D eigenvalue weighted by Crippen LogP contribution is -2.08. The highest BCUT2D eigenvalue weighted by atomic mass is 32.2. The number of aromatic nitrogens is 2. The summed E-state index contributed by atoms with van der Waals surface area (Å²) in [5.74, 6) is 0.612. The maximum absolute atomic E-state index is 10.1. The first-order chi connectivity index (χ1) is 13.5. The van der Waals surface area contributed by atoms with Crippen molar-refractivity contribution in [1.29, 1.82) is 0 Å². The number of ether oxygens (including phenoxy) is 1. The standard InChI is InChI=1S/C21H21N3O3S/c1-12-18-20(15-9-16(25)19(26)17(10-15)27-3)28-13(2)22-21(18)24(23-12)11-14-7-5-4-6-8-14/h4-10,20,25-26H,11H2,1-3H3/t20-/m0/s1. The van der Waals surface area contributed by atoms with Crippen LogP contribution in [0.25, 0.3) is 0 Å². The van der Waals surface area contributed by atoms with Gasteiger partial charge in [0.15, 0.2) is 17.3 Å². The lowest BCUT2D eigenvalue weighted by Gasteiger charge is -2.23. The fraction of sp³-hybridized carbons (Fsp3) is 0.238. The second kappa shape index (κ2) is 7.24. The summed E-state index contributed by atoms with van der Waals surface area (Å²) in [5.41, 5.74) is 3.89. The van der Waals surface area contributed by atoms with Gasteiger partial charge in [0.1, 0.15) is 0 Å². The van der Waals surface area contributed by atoms with Gasteiger partial charge in [-0.15, -0.1) is 0 Å². The summed E-state index contributed by atoms with van der Waals surface area (Å²) in [6.07, 6.45) is 0. The van der Waals surface area contributed by atoms with Crippen LogP contribution in [0.5, 0.6) is 17.2 Å². The van der Waals surface area contributed by atoms with E-state index in [1.807, 2.05) is 36.7 Å². The minimum absolute atomic E-state index is 0.0996. The van der Waals surface area contributed by atoms with Crippen molar-refractivity contribution in [2.75, 3.05) is 7.11 Å². The number of benzene rings is 2. The summed E-state index contributed by atoms with van der Waals surface area (Å²) in [5, 5.41) is 25.7. The van der Waals surface area contributed by atoms with Crippen molar-refractivity contribution in [1.82, 2.24) is 9.78 Å². The number of hydrogen-bond donors (Lipinski definition) is 2. The third kappa shape index (κ3) is 3.22. The van der Waals surface area contributed by atoms with Gasteiger partial charge in [-0.1, -0.05) is 42.1 Å². The lowest BCUT2D eigenvalue weighted by molar-refractivity contribution is 0.350. The minimum Gasteiger partial charge on any atom is -0.504 e. The molecule has 2 N–H and O–H groups in total. The van der Waals surface area contributed by atoms with Gasteiger partial charge in [0.05, 0.1) is 29.6 Å². The van der Waals surface area contributed by atoms with Crippen molar-refractivity contribution in [3.63, 3.8) is 0 Å². The molecule has 0 aliphatic carbocycles. The number of rotatable bonds is 4. The molecule has 1 atom stereocenters. The van der Waals surface area contributed by atoms with Gasteiger partial charge in [0.2, 0.25) is 5.75 Å². The summed E-state index contributed by atoms with van der Waals surface area (Å²) < 4.78 is 7.14. The predicted molar refractivity (Wildman–Crippen MR) is 111 cm³/mol. The van der Waals surface area contributed by atoms with E-state index in [4.69, 9.17) is 14.8 Å². The monoisotopic (exact) mass is 395 g/mol. The third-order valence-corrected chi connectivity index (χ3v) is 5.91. The van der Waals surface area contributed by atoms with E-state index >= 15 is 0 Å². The van der Waals surface area contributed by atoms with Crippen molar-refractivity contribution in [2.24, 2.45) is 4.99 Å². The van der Waals surface area contributed by atoms with Crippen LogP contribution in [0, 0.1) is 6.92 Å². The summed E-state index contributed by atoms with van der Waals surface area (Å²) in [4.78, 5) is 4.76. The second-order valence-corrected chi connectivity index (χ2v) is 7.98. The van der Waals surface area contributed by atoms with Crippen LogP contribution in [0.2, 0.25) is 0 Å². The van der Waals surface area contributed by atoms with Crippen molar-refractivity contribution >= 4 is 22.6 Å². The van der Waals surface area contributed by atoms with Gasteiger partial charge in [-0.2, -0.15) is 5.10 Å². The summed E-state index contributed by atoms with van der Waals surface area (Å²) in [6, 6.07) is 13.5. The maximum Gasteiger partial charge on any atom is 0.200 e. The first-order valence-electron chi connectivity index (χ1n) is 8.91. The fourth-order valence-corrected chi connectivity index (χ4v) is 4.58. The van der Waals surface area contributed by atoms with E-state index in [-0.39, 0.29) is 22.5 Å². The van der Waals surface area contributed by atoms with Gasteiger partial charge < -0.3 is 14.9 Å². The Morgan fingerprint density at radius 2 is 1.89 bits per heavy atom. The lowest BCUT2D eigenvalue weighted by atomic mass is 10.0. The molecule has 0 radical (unpaired) electrons. The molecule has 28 heavy (non-hydrogen) atoms. The summed E-state index contributed by atoms with van der Waals surface area (Å²) >= 11 is 1.60. The molecule has 7 heteroatoms. The molecule has 2 aromatic carbocycles. The smallest absolute Gasteiger partial charge is 0.200 e. The predicted octanol–water partition coefficient (Wildman–Crippen LogP) is 4.55. The SMILES string of the molecule is COc1cc([C@@H]2SC(C)=Nc3c2c(C)nn3Cc2ccccc2)cc(O)c1O. The minimum atomic E-state index is -0.255. The van der Waals surface area contributed by atoms with E-state index in [1.165, 1.54) is 7.11 Å². The highest BCUT2D eigenvalue weighted by molar-refractivity contribution is 8.14. The molecule has 0 saturated carbocycles. The fourth-order valence-electron chi connectivity index (χ4n) is 3.44. The molecule has 3 aromatic rings. The number of nitrogens with zero attached hydrogens (tertiary/aromatic N) is 3. The molecule has 6 nitrogen and oxygen atoms in total. The van der Waals surface area contributed by atoms with Crippen molar-refractivity contribution in [3.05, 3.63) is 64.8 Å². The number of aliphatic imine (C=N–C) groups is 1. The number of methoxy groups -OCH3 is 1. The molecule has 1 aliphatic rings. The van der Waals surface area contributed by atoms with Crippen molar-refractivity contribution in [3.8, 4) is 17.2 Å². The molecule has 0 saturated heterocycles. The average molecular weight is 395 g/mol. The Hall–Kier alpha value is -2.93. The molecule has 2 heterocycles. The Bertz CT molecular complexity index is 1060. The quantitative estimate of drug-likeness (QED) is 0.634. The Morgan fingerprint density at radius 3 is 2.61 bits per heavy atom. The van der Waals surface area contributed by atoms with Crippen LogP contribution in [-0.4, -0.2) is 32.1 Å². The summed E-state index contributed by atoms with van der Waals surface area (Å²) in [7, 11) is 1.47. The van der Waals surface area contributed by atoms with Gasteiger partial charge in [-0.05, 0) is 37.1 Å². The number of aromatic hydroxyl groups is 2. The first-order valence-corrected chi connectivity index (χ1v) is 9.79. The van der Waals surface area contributed by atoms with E-state index in [2.05, 4.69) is 12.1 Å². The Balaban J connectivity index is 1.81. The second-order valence-electron chi connectivity index (χ2n) is 6.69. The van der Waals surface area contributed by atoms with Crippen LogP contribution in [0.1, 0.15) is 34.6 Å². The van der Waals surface area contributed by atoms with Gasteiger partial charge >= 0.3 is 0 Å². The van der Waals surface area contributed by atoms with Crippen LogP contribution in [-0.2, 0) is 6.54 Å². The molecule has 4 rings (SSSR count). The Kier molecular flexibility index (Phi) is 4.77. The van der Waals surface area contributed by atoms with Crippen LogP contribution >= 0.6 is 11.8 Å². The summed E-state index contributed by atoms with van der Waals surface area (Å²) in [6.45, 7) is 4.57. The molecule has 0 amide bonds. The van der Waals surface area contributed by atoms with E-state index in [0.717, 1.165) is 33.2 Å². The largest absolute Gasteiger partial charge is 0.504 e. The topological polar surface area (TPSA) is 79.9 Å². The molecule has 1 aromatic heterocycles. The number of fused-ring (bicyclic) bond motifs is 1. The zero-order chi connectivity index (χ0) is 19.8. The highest BCUT2D eigenvalue weighted by Gasteiger charge is 2.31. The van der Waals surface area contributed by atoms with E-state index in [1.54, 1.807) is 23.9 Å². The average Bonchev–Trinajstić information content (AvgIpc) is 2.99. The zero-order valence-corrected chi connectivity index (χ0v) is 16.7. The molecule has 1 aliphatic heterocycles. The normalized spacial score (nSPS) is 15.8. The van der Waals surface area contributed by atoms with Crippen LogP contribution in [0.4, 0.5) is 5.82 Å². The number of phenolic OH excluding ortho intramolecular Hbond substituents is 2. The zero-order valence-electron chi connectivity index (χ0n) is 15.9. The van der Waals surface area contributed by atoms with E-state index in [0.29, 0.717) is 6.54 Å². The molecule has 0 bridgehead atoms. The van der Waals surface area contributed by atoms with E-state index < -0.39 is 0 Å².